The first-order valence-corrected chi connectivity index (χ1v) is 4.93. The molecule has 0 saturated carbocycles. The molecule has 0 saturated heterocycles. The fourth-order valence-electron chi connectivity index (χ4n) is 1.34. The SMILES string of the molecule is CC(=O)OC(C)Cc1ccc(C(C)O)o1. The zero-order valence-electron chi connectivity index (χ0n) is 9.19. The van der Waals surface area contributed by atoms with Crippen LogP contribution in [0.4, 0.5) is 0 Å². The van der Waals surface area contributed by atoms with Gasteiger partial charge in [0.15, 0.2) is 0 Å². The predicted molar refractivity (Wildman–Crippen MR) is 54.3 cm³/mol. The number of aliphatic hydroxyl groups is 1. The number of furan rings is 1. The molecule has 1 heterocycles. The molecule has 2 atom stereocenters. The van der Waals surface area contributed by atoms with Gasteiger partial charge in [-0.3, -0.25) is 4.79 Å². The number of hydrogen-bond donors (Lipinski definition) is 1. The van der Waals surface area contributed by atoms with Crippen molar-refractivity contribution in [2.45, 2.75) is 39.4 Å². The molecule has 2 unspecified atom stereocenters. The van der Waals surface area contributed by atoms with Crippen molar-refractivity contribution < 1.29 is 19.1 Å². The minimum absolute atomic E-state index is 0.213. The van der Waals surface area contributed by atoms with Gasteiger partial charge in [-0.2, -0.15) is 0 Å². The van der Waals surface area contributed by atoms with Crippen molar-refractivity contribution in [1.82, 2.24) is 0 Å². The summed E-state index contributed by atoms with van der Waals surface area (Å²) in [4.78, 5) is 10.7. The number of hydrogen-bond acceptors (Lipinski definition) is 4. The van der Waals surface area contributed by atoms with Gasteiger partial charge in [0, 0.05) is 13.3 Å². The van der Waals surface area contributed by atoms with E-state index in [4.69, 9.17) is 9.15 Å². The molecule has 0 radical (unpaired) electrons. The summed E-state index contributed by atoms with van der Waals surface area (Å²) in [6.07, 6.45) is -0.301. The summed E-state index contributed by atoms with van der Waals surface area (Å²) < 4.78 is 10.3. The fourth-order valence-corrected chi connectivity index (χ4v) is 1.34. The molecule has 4 nitrogen and oxygen atoms in total. The number of aliphatic hydroxyl groups excluding tert-OH is 1. The lowest BCUT2D eigenvalue weighted by Crippen LogP contribution is -2.14. The molecule has 1 N–H and O–H groups in total. The van der Waals surface area contributed by atoms with Gasteiger partial charge in [0.2, 0.25) is 0 Å². The molecule has 1 rings (SSSR count). The Hall–Kier alpha value is -1.29. The van der Waals surface area contributed by atoms with E-state index in [2.05, 4.69) is 0 Å². The fraction of sp³-hybridized carbons (Fsp3) is 0.545. The Labute approximate surface area is 88.8 Å². The lowest BCUT2D eigenvalue weighted by atomic mass is 10.2. The van der Waals surface area contributed by atoms with E-state index in [0.717, 1.165) is 0 Å². The predicted octanol–water partition coefficient (Wildman–Crippen LogP) is 1.83. The molecule has 84 valence electrons. The largest absolute Gasteiger partial charge is 0.463 e. The van der Waals surface area contributed by atoms with Crippen LogP contribution < -0.4 is 0 Å². The third-order valence-corrected chi connectivity index (χ3v) is 1.95. The number of rotatable bonds is 4. The standard InChI is InChI=1S/C11H16O4/c1-7(14-9(3)13)6-10-4-5-11(15-10)8(2)12/h4-5,7-8,12H,6H2,1-3H3. The average molecular weight is 212 g/mol. The molecule has 0 amide bonds. The Morgan fingerprint density at radius 2 is 2.20 bits per heavy atom. The van der Waals surface area contributed by atoms with Gasteiger partial charge in [-0.1, -0.05) is 0 Å². The molecule has 15 heavy (non-hydrogen) atoms. The maximum Gasteiger partial charge on any atom is 0.302 e. The van der Waals surface area contributed by atoms with E-state index in [-0.39, 0.29) is 12.1 Å². The van der Waals surface area contributed by atoms with Crippen LogP contribution in [0.15, 0.2) is 16.5 Å². The molecule has 0 fully saturated rings. The van der Waals surface area contributed by atoms with Crippen LogP contribution in [0.3, 0.4) is 0 Å². The molecular formula is C11H16O4. The second-order valence-corrected chi connectivity index (χ2v) is 3.60. The molecule has 0 aliphatic rings. The van der Waals surface area contributed by atoms with E-state index in [9.17, 15) is 9.90 Å². The number of carbonyl (C=O) groups is 1. The van der Waals surface area contributed by atoms with Crippen LogP contribution in [-0.4, -0.2) is 17.2 Å². The van der Waals surface area contributed by atoms with Crippen molar-refractivity contribution in [3.63, 3.8) is 0 Å². The van der Waals surface area contributed by atoms with Gasteiger partial charge in [0.1, 0.15) is 23.7 Å². The van der Waals surface area contributed by atoms with Gasteiger partial charge in [-0.25, -0.2) is 0 Å². The van der Waals surface area contributed by atoms with Crippen LogP contribution in [0.2, 0.25) is 0 Å². The lowest BCUT2D eigenvalue weighted by molar-refractivity contribution is -0.145. The van der Waals surface area contributed by atoms with E-state index < -0.39 is 6.10 Å². The molecule has 0 bridgehead atoms. The van der Waals surface area contributed by atoms with Crippen molar-refractivity contribution >= 4 is 5.97 Å². The van der Waals surface area contributed by atoms with E-state index >= 15 is 0 Å². The first kappa shape index (κ1) is 11.8. The Morgan fingerprint density at radius 3 is 2.67 bits per heavy atom. The highest BCUT2D eigenvalue weighted by molar-refractivity contribution is 5.66. The van der Waals surface area contributed by atoms with Gasteiger partial charge in [-0.05, 0) is 26.0 Å². The van der Waals surface area contributed by atoms with Crippen LogP contribution in [0.5, 0.6) is 0 Å². The van der Waals surface area contributed by atoms with Gasteiger partial charge < -0.3 is 14.3 Å². The van der Waals surface area contributed by atoms with Crippen molar-refractivity contribution in [1.29, 1.82) is 0 Å². The van der Waals surface area contributed by atoms with Crippen molar-refractivity contribution in [3.8, 4) is 0 Å². The number of esters is 1. The number of ether oxygens (including phenoxy) is 1. The van der Waals surface area contributed by atoms with Crippen LogP contribution >= 0.6 is 0 Å². The maximum atomic E-state index is 10.7. The minimum atomic E-state index is -0.609. The van der Waals surface area contributed by atoms with Gasteiger partial charge in [0.25, 0.3) is 0 Å². The van der Waals surface area contributed by atoms with Crippen LogP contribution in [0.25, 0.3) is 0 Å². The summed E-state index contributed by atoms with van der Waals surface area (Å²) in [5.74, 6) is 0.935. The zero-order chi connectivity index (χ0) is 11.4. The molecule has 0 aliphatic carbocycles. The Morgan fingerprint density at radius 1 is 1.53 bits per heavy atom. The average Bonchev–Trinajstić information content (AvgIpc) is 2.50. The number of carbonyl (C=O) groups excluding carboxylic acids is 1. The van der Waals surface area contributed by atoms with Gasteiger partial charge in [-0.15, -0.1) is 0 Å². The zero-order valence-corrected chi connectivity index (χ0v) is 9.19. The first-order chi connectivity index (χ1) is 6.99. The Balaban J connectivity index is 2.53. The highest BCUT2D eigenvalue weighted by Gasteiger charge is 2.11. The van der Waals surface area contributed by atoms with E-state index in [1.807, 2.05) is 0 Å². The minimum Gasteiger partial charge on any atom is -0.463 e. The van der Waals surface area contributed by atoms with E-state index in [1.54, 1.807) is 26.0 Å². The summed E-state index contributed by atoms with van der Waals surface area (Å²) in [5, 5.41) is 9.24. The first-order valence-electron chi connectivity index (χ1n) is 4.93. The molecule has 0 aromatic carbocycles. The third kappa shape index (κ3) is 3.75. The summed E-state index contributed by atoms with van der Waals surface area (Å²) in [7, 11) is 0. The lowest BCUT2D eigenvalue weighted by Gasteiger charge is -2.09. The summed E-state index contributed by atoms with van der Waals surface area (Å²) >= 11 is 0. The van der Waals surface area contributed by atoms with Gasteiger partial charge in [0.05, 0.1) is 0 Å². The second-order valence-electron chi connectivity index (χ2n) is 3.60. The molecule has 1 aromatic heterocycles. The van der Waals surface area contributed by atoms with Crippen molar-refractivity contribution in [3.05, 3.63) is 23.7 Å². The van der Waals surface area contributed by atoms with E-state index in [1.165, 1.54) is 6.92 Å². The maximum absolute atomic E-state index is 10.7. The summed E-state index contributed by atoms with van der Waals surface area (Å²) in [6, 6.07) is 3.50. The second kappa shape index (κ2) is 4.98. The topological polar surface area (TPSA) is 59.7 Å². The van der Waals surface area contributed by atoms with Crippen molar-refractivity contribution in [2.24, 2.45) is 0 Å². The summed E-state index contributed by atoms with van der Waals surface area (Å²) in [6.45, 7) is 4.81. The molecule has 0 spiro atoms. The smallest absolute Gasteiger partial charge is 0.302 e. The molecular weight excluding hydrogens is 196 g/mol. The Kier molecular flexibility index (Phi) is 3.91. The molecule has 0 aliphatic heterocycles. The van der Waals surface area contributed by atoms with Crippen LogP contribution in [0.1, 0.15) is 38.4 Å². The molecule has 4 heteroatoms. The summed E-state index contributed by atoms with van der Waals surface area (Å²) in [5.41, 5.74) is 0. The van der Waals surface area contributed by atoms with E-state index in [0.29, 0.717) is 17.9 Å². The molecule has 1 aromatic rings. The third-order valence-electron chi connectivity index (χ3n) is 1.95. The monoisotopic (exact) mass is 212 g/mol. The van der Waals surface area contributed by atoms with Crippen LogP contribution in [-0.2, 0) is 16.0 Å². The van der Waals surface area contributed by atoms with Gasteiger partial charge >= 0.3 is 5.97 Å². The highest BCUT2D eigenvalue weighted by Crippen LogP contribution is 2.17. The normalized spacial score (nSPS) is 14.7. The quantitative estimate of drug-likeness (QED) is 0.773. The van der Waals surface area contributed by atoms with Crippen molar-refractivity contribution in [2.75, 3.05) is 0 Å². The van der Waals surface area contributed by atoms with Crippen LogP contribution in [0, 0.1) is 0 Å². The Bertz CT molecular complexity index is 327. The highest BCUT2D eigenvalue weighted by atomic mass is 16.5.